The van der Waals surface area contributed by atoms with Crippen LogP contribution >= 0.6 is 23.4 Å². The van der Waals surface area contributed by atoms with Crippen LogP contribution in [0.3, 0.4) is 0 Å². The second-order valence-electron chi connectivity index (χ2n) is 7.31. The number of rotatable bonds is 7. The number of esters is 1. The molecule has 0 bridgehead atoms. The number of hydrogen-bond acceptors (Lipinski definition) is 5. The van der Waals surface area contributed by atoms with Crippen LogP contribution in [-0.2, 0) is 14.3 Å². The van der Waals surface area contributed by atoms with E-state index >= 15 is 0 Å². The fourth-order valence-electron chi connectivity index (χ4n) is 3.22. The van der Waals surface area contributed by atoms with Crippen LogP contribution in [-0.4, -0.2) is 42.7 Å². The van der Waals surface area contributed by atoms with E-state index < -0.39 is 17.9 Å². The highest BCUT2D eigenvalue weighted by molar-refractivity contribution is 7.99. The lowest BCUT2D eigenvalue weighted by Gasteiger charge is -2.29. The molecule has 2 aromatic carbocycles. The maximum Gasteiger partial charge on any atom is 0.329 e. The predicted octanol–water partition coefficient (Wildman–Crippen LogP) is 4.17. The first-order valence-electron chi connectivity index (χ1n) is 10.2. The van der Waals surface area contributed by atoms with Crippen LogP contribution in [0.15, 0.2) is 53.4 Å². The van der Waals surface area contributed by atoms with E-state index in [4.69, 9.17) is 16.3 Å². The van der Waals surface area contributed by atoms with Crippen LogP contribution in [0.5, 0.6) is 0 Å². The van der Waals surface area contributed by atoms with Crippen molar-refractivity contribution in [2.24, 2.45) is 5.92 Å². The molecule has 1 N–H and O–H groups in total. The number of nitrogens with one attached hydrogen (secondary N) is 1. The molecule has 0 radical (unpaired) electrons. The van der Waals surface area contributed by atoms with Gasteiger partial charge in [0.1, 0.15) is 6.04 Å². The van der Waals surface area contributed by atoms with Gasteiger partial charge in [-0.05, 0) is 42.3 Å². The van der Waals surface area contributed by atoms with Gasteiger partial charge in [0, 0.05) is 27.8 Å². The number of benzene rings is 2. The second kappa shape index (κ2) is 10.7. The lowest BCUT2D eigenvalue weighted by Crippen LogP contribution is -2.47. The molecule has 1 heterocycles. The monoisotopic (exact) mass is 460 g/mol. The number of fused-ring (bicyclic) bond motifs is 1. The number of halogens is 1. The van der Waals surface area contributed by atoms with Gasteiger partial charge in [0.05, 0.1) is 5.69 Å². The molecule has 2 amide bonds. The summed E-state index contributed by atoms with van der Waals surface area (Å²) in [4.78, 5) is 40.8. The van der Waals surface area contributed by atoms with Crippen molar-refractivity contribution in [3.63, 3.8) is 0 Å². The topological polar surface area (TPSA) is 75.7 Å². The smallest absolute Gasteiger partial charge is 0.329 e. The van der Waals surface area contributed by atoms with E-state index in [-0.39, 0.29) is 18.4 Å². The van der Waals surface area contributed by atoms with Crippen LogP contribution in [0.2, 0.25) is 5.02 Å². The van der Waals surface area contributed by atoms with Crippen LogP contribution in [0.25, 0.3) is 0 Å². The van der Waals surface area contributed by atoms with Crippen molar-refractivity contribution < 1.29 is 19.1 Å². The molecular weight excluding hydrogens is 436 g/mol. The first-order valence-corrected chi connectivity index (χ1v) is 11.5. The molecule has 1 aliphatic heterocycles. The van der Waals surface area contributed by atoms with Gasteiger partial charge in [0.15, 0.2) is 6.61 Å². The van der Waals surface area contributed by atoms with Crippen LogP contribution in [0.4, 0.5) is 5.69 Å². The average molecular weight is 461 g/mol. The van der Waals surface area contributed by atoms with Gasteiger partial charge in [-0.15, -0.1) is 11.8 Å². The molecular formula is C23H25ClN2O4S. The Morgan fingerprint density at radius 3 is 2.58 bits per heavy atom. The molecule has 6 nitrogen and oxygen atoms in total. The maximum absolute atomic E-state index is 12.8. The van der Waals surface area contributed by atoms with E-state index in [0.717, 1.165) is 16.3 Å². The first kappa shape index (κ1) is 23.2. The van der Waals surface area contributed by atoms with Gasteiger partial charge in [-0.25, -0.2) is 4.79 Å². The van der Waals surface area contributed by atoms with Crippen molar-refractivity contribution >= 4 is 46.8 Å². The Kier molecular flexibility index (Phi) is 7.98. The molecule has 0 fully saturated rings. The van der Waals surface area contributed by atoms with Gasteiger partial charge < -0.3 is 15.0 Å². The summed E-state index contributed by atoms with van der Waals surface area (Å²) in [6.07, 6.45) is 0.658. The molecule has 0 saturated heterocycles. The maximum atomic E-state index is 12.8. The minimum atomic E-state index is -0.856. The molecule has 0 aromatic heterocycles. The zero-order valence-electron chi connectivity index (χ0n) is 17.5. The molecule has 8 heteroatoms. The molecule has 0 unspecified atom stereocenters. The van der Waals surface area contributed by atoms with Gasteiger partial charge in [-0.1, -0.05) is 44.0 Å². The van der Waals surface area contributed by atoms with Gasteiger partial charge in [-0.3, -0.25) is 9.59 Å². The summed E-state index contributed by atoms with van der Waals surface area (Å²) in [5, 5.41) is 3.26. The zero-order chi connectivity index (χ0) is 22.4. The highest BCUT2D eigenvalue weighted by Gasteiger charge is 2.30. The molecule has 0 saturated carbocycles. The third-order valence-electron chi connectivity index (χ3n) is 5.23. The van der Waals surface area contributed by atoms with E-state index in [1.807, 2.05) is 38.1 Å². The highest BCUT2D eigenvalue weighted by Crippen LogP contribution is 2.34. The van der Waals surface area contributed by atoms with Crippen molar-refractivity contribution in [3.05, 3.63) is 59.1 Å². The number of para-hydroxylation sites is 1. The Morgan fingerprint density at radius 1 is 1.16 bits per heavy atom. The molecule has 31 heavy (non-hydrogen) atoms. The number of hydrogen-bond donors (Lipinski definition) is 1. The van der Waals surface area contributed by atoms with Crippen molar-refractivity contribution in [1.29, 1.82) is 0 Å². The lowest BCUT2D eigenvalue weighted by atomic mass is 9.99. The molecule has 2 atom stereocenters. The summed E-state index contributed by atoms with van der Waals surface area (Å²) < 4.78 is 5.34. The van der Waals surface area contributed by atoms with Crippen LogP contribution in [0, 0.1) is 5.92 Å². The minimum absolute atomic E-state index is 0.161. The van der Waals surface area contributed by atoms with Gasteiger partial charge in [0.2, 0.25) is 0 Å². The Balaban J connectivity index is 1.64. The zero-order valence-corrected chi connectivity index (χ0v) is 19.0. The third kappa shape index (κ3) is 5.80. The fraction of sp³-hybridized carbons (Fsp3) is 0.348. The molecule has 1 aliphatic rings. The van der Waals surface area contributed by atoms with E-state index in [0.29, 0.717) is 23.6 Å². The molecule has 164 valence electrons. The third-order valence-corrected chi connectivity index (χ3v) is 6.52. The summed E-state index contributed by atoms with van der Waals surface area (Å²) in [5.41, 5.74) is 1.22. The molecule has 0 spiro atoms. The second-order valence-corrected chi connectivity index (χ2v) is 8.89. The lowest BCUT2D eigenvalue weighted by molar-refractivity contribution is -0.151. The highest BCUT2D eigenvalue weighted by atomic mass is 35.5. The van der Waals surface area contributed by atoms with Gasteiger partial charge in [-0.2, -0.15) is 0 Å². The Labute approximate surface area is 191 Å². The van der Waals surface area contributed by atoms with Crippen LogP contribution in [0.1, 0.15) is 30.6 Å². The Hall–Kier alpha value is -2.51. The normalized spacial score (nSPS) is 14.9. The standard InChI is InChI=1S/C23H25ClN2O4S/c1-3-15(2)21(25-22(28)16-8-10-17(24)11-9-16)23(29)30-14-20(27)26-12-13-31-19-7-5-4-6-18(19)26/h4-11,15,21H,3,12-14H2,1-2H3,(H,25,28)/t15-,21-/m0/s1. The van der Waals surface area contributed by atoms with E-state index in [9.17, 15) is 14.4 Å². The van der Waals surface area contributed by atoms with Gasteiger partial charge >= 0.3 is 5.97 Å². The summed E-state index contributed by atoms with van der Waals surface area (Å²) in [6, 6.07) is 13.2. The predicted molar refractivity (Wildman–Crippen MR) is 123 cm³/mol. The Morgan fingerprint density at radius 2 is 1.87 bits per heavy atom. The summed E-state index contributed by atoms with van der Waals surface area (Å²) in [7, 11) is 0. The summed E-state index contributed by atoms with van der Waals surface area (Å²) in [6.45, 7) is 3.96. The van der Waals surface area contributed by atoms with E-state index in [1.54, 1.807) is 40.9 Å². The number of carbonyl (C=O) groups is 3. The quantitative estimate of drug-likeness (QED) is 0.628. The minimum Gasteiger partial charge on any atom is -0.454 e. The summed E-state index contributed by atoms with van der Waals surface area (Å²) >= 11 is 7.56. The molecule has 2 aromatic rings. The average Bonchev–Trinajstić information content (AvgIpc) is 2.80. The first-order chi connectivity index (χ1) is 14.9. The summed E-state index contributed by atoms with van der Waals surface area (Å²) in [5.74, 6) is -0.681. The van der Waals surface area contributed by atoms with Crippen molar-refractivity contribution in [2.75, 3.05) is 23.8 Å². The number of amides is 2. The molecule has 0 aliphatic carbocycles. The van der Waals surface area contributed by atoms with E-state index in [2.05, 4.69) is 5.32 Å². The van der Waals surface area contributed by atoms with Crippen molar-refractivity contribution in [1.82, 2.24) is 5.32 Å². The van der Waals surface area contributed by atoms with Gasteiger partial charge in [0.25, 0.3) is 11.8 Å². The number of nitrogens with zero attached hydrogens (tertiary/aromatic N) is 1. The fourth-order valence-corrected chi connectivity index (χ4v) is 4.34. The number of carbonyl (C=O) groups excluding carboxylic acids is 3. The van der Waals surface area contributed by atoms with Crippen LogP contribution < -0.4 is 10.2 Å². The number of anilines is 1. The van der Waals surface area contributed by atoms with Crippen molar-refractivity contribution in [3.8, 4) is 0 Å². The Bertz CT molecular complexity index is 951. The van der Waals surface area contributed by atoms with Crippen molar-refractivity contribution in [2.45, 2.75) is 31.2 Å². The molecule has 3 rings (SSSR count). The largest absolute Gasteiger partial charge is 0.454 e. The van der Waals surface area contributed by atoms with E-state index in [1.165, 1.54) is 0 Å². The SMILES string of the molecule is CC[C@H](C)[C@H](NC(=O)c1ccc(Cl)cc1)C(=O)OCC(=O)N1CCSc2ccccc21. The number of thioether (sulfide) groups is 1. The number of ether oxygens (including phenoxy) is 1.